The van der Waals surface area contributed by atoms with Crippen molar-refractivity contribution >= 4 is 28.1 Å². The van der Waals surface area contributed by atoms with Crippen molar-refractivity contribution in [3.63, 3.8) is 0 Å². The van der Waals surface area contributed by atoms with Gasteiger partial charge in [0.25, 0.3) is 5.91 Å². The van der Waals surface area contributed by atoms with Crippen molar-refractivity contribution in [1.29, 1.82) is 0 Å². The van der Waals surface area contributed by atoms with Crippen LogP contribution < -0.4 is 16.0 Å². The summed E-state index contributed by atoms with van der Waals surface area (Å²) in [7, 11) is 0. The highest BCUT2D eigenvalue weighted by Crippen LogP contribution is 2.15. The Kier molecular flexibility index (Phi) is 4.66. The molecular formula is C17H20N6O3S. The summed E-state index contributed by atoms with van der Waals surface area (Å²) in [5.74, 6) is 0.169. The number of aryl methyl sites for hydroxylation is 2. The number of carbonyl (C=O) groups excluding carboxylic acids is 2. The molecule has 3 N–H and O–H groups in total. The number of rotatable bonds is 5. The molecule has 4 rings (SSSR count). The minimum Gasteiger partial charge on any atom is -0.361 e. The third kappa shape index (κ3) is 3.58. The van der Waals surface area contributed by atoms with Crippen LogP contribution in [0.4, 0.5) is 0 Å². The molecule has 0 saturated carbocycles. The number of nitrogens with zero attached hydrogens (tertiary/aromatic N) is 3. The zero-order valence-electron chi connectivity index (χ0n) is 15.0. The third-order valence-electron chi connectivity index (χ3n) is 4.63. The molecule has 0 unspecified atom stereocenters. The van der Waals surface area contributed by atoms with Crippen molar-refractivity contribution in [2.24, 2.45) is 0 Å². The van der Waals surface area contributed by atoms with E-state index in [0.29, 0.717) is 36.5 Å². The zero-order chi connectivity index (χ0) is 19.0. The van der Waals surface area contributed by atoms with E-state index in [0.717, 1.165) is 10.7 Å². The second-order valence-corrected chi connectivity index (χ2v) is 7.48. The van der Waals surface area contributed by atoms with Crippen molar-refractivity contribution in [2.45, 2.75) is 38.9 Å². The Labute approximate surface area is 159 Å². The van der Waals surface area contributed by atoms with Crippen LogP contribution in [0.2, 0.25) is 0 Å². The Morgan fingerprint density at radius 3 is 3.04 bits per heavy atom. The standard InChI is InChI=1S/C17H20N6O3S/c1-9-14(10(2)26-22-9)16(25)20-11-5-13(18-6-11)15(24)19-7-12-8-23-3-4-27-17(23)21-12/h3-4,8,11,13,18H,5-7H2,1-2H3,(H,19,24)(H,20,25)/t11-,13+/m1/s1. The summed E-state index contributed by atoms with van der Waals surface area (Å²) in [5.41, 5.74) is 1.84. The molecule has 1 fully saturated rings. The maximum atomic E-state index is 12.4. The lowest BCUT2D eigenvalue weighted by Gasteiger charge is -2.12. The summed E-state index contributed by atoms with van der Waals surface area (Å²) in [4.78, 5) is 30.1. The predicted molar refractivity (Wildman–Crippen MR) is 98.6 cm³/mol. The van der Waals surface area contributed by atoms with E-state index in [1.54, 1.807) is 25.2 Å². The minimum absolute atomic E-state index is 0.0968. The largest absolute Gasteiger partial charge is 0.361 e. The molecule has 2 atom stereocenters. The molecule has 1 aliphatic rings. The van der Waals surface area contributed by atoms with Gasteiger partial charge < -0.3 is 20.5 Å². The van der Waals surface area contributed by atoms with Gasteiger partial charge >= 0.3 is 0 Å². The van der Waals surface area contributed by atoms with Gasteiger partial charge in [0, 0.05) is 30.4 Å². The van der Waals surface area contributed by atoms with E-state index in [1.807, 2.05) is 22.2 Å². The van der Waals surface area contributed by atoms with Crippen molar-refractivity contribution in [3.05, 3.63) is 40.5 Å². The van der Waals surface area contributed by atoms with Crippen LogP contribution in [0.1, 0.15) is 33.9 Å². The first-order valence-electron chi connectivity index (χ1n) is 8.67. The Balaban J connectivity index is 1.29. The van der Waals surface area contributed by atoms with E-state index in [2.05, 4.69) is 26.1 Å². The highest BCUT2D eigenvalue weighted by Gasteiger charge is 2.31. The van der Waals surface area contributed by atoms with Crippen molar-refractivity contribution in [1.82, 2.24) is 30.5 Å². The maximum absolute atomic E-state index is 12.4. The van der Waals surface area contributed by atoms with E-state index < -0.39 is 0 Å². The normalized spacial score (nSPS) is 19.5. The van der Waals surface area contributed by atoms with Crippen LogP contribution in [0, 0.1) is 13.8 Å². The molecule has 9 nitrogen and oxygen atoms in total. The first-order valence-corrected chi connectivity index (χ1v) is 9.55. The van der Waals surface area contributed by atoms with Gasteiger partial charge in [0.15, 0.2) is 4.96 Å². The number of carbonyl (C=O) groups is 2. The van der Waals surface area contributed by atoms with E-state index >= 15 is 0 Å². The molecule has 3 aromatic heterocycles. The fourth-order valence-electron chi connectivity index (χ4n) is 3.27. The summed E-state index contributed by atoms with van der Waals surface area (Å²) in [6.45, 7) is 4.35. The molecule has 0 radical (unpaired) electrons. The highest BCUT2D eigenvalue weighted by molar-refractivity contribution is 7.15. The van der Waals surface area contributed by atoms with Gasteiger partial charge in [-0.05, 0) is 20.3 Å². The molecule has 27 heavy (non-hydrogen) atoms. The number of thiazole rings is 1. The van der Waals surface area contributed by atoms with E-state index in [4.69, 9.17) is 4.52 Å². The first kappa shape index (κ1) is 17.7. The Hall–Kier alpha value is -2.72. The molecule has 4 heterocycles. The zero-order valence-corrected chi connectivity index (χ0v) is 15.8. The first-order chi connectivity index (χ1) is 13.0. The Morgan fingerprint density at radius 1 is 1.44 bits per heavy atom. The van der Waals surface area contributed by atoms with Crippen molar-refractivity contribution < 1.29 is 14.1 Å². The Morgan fingerprint density at radius 2 is 2.30 bits per heavy atom. The fourth-order valence-corrected chi connectivity index (χ4v) is 3.99. The molecule has 0 aromatic carbocycles. The van der Waals surface area contributed by atoms with Crippen LogP contribution in [-0.2, 0) is 11.3 Å². The van der Waals surface area contributed by atoms with E-state index in [1.165, 1.54) is 0 Å². The molecular weight excluding hydrogens is 368 g/mol. The highest BCUT2D eigenvalue weighted by atomic mass is 32.1. The van der Waals surface area contributed by atoms with Gasteiger partial charge in [-0.3, -0.25) is 14.0 Å². The molecule has 2 amide bonds. The van der Waals surface area contributed by atoms with Crippen LogP contribution in [0.3, 0.4) is 0 Å². The third-order valence-corrected chi connectivity index (χ3v) is 5.40. The number of aromatic nitrogens is 3. The summed E-state index contributed by atoms with van der Waals surface area (Å²) >= 11 is 1.55. The van der Waals surface area contributed by atoms with E-state index in [-0.39, 0.29) is 23.9 Å². The SMILES string of the molecule is Cc1noc(C)c1C(=O)N[C@H]1CN[C@H](C(=O)NCc2cn3ccsc3n2)C1. The average Bonchev–Trinajstić information content (AvgIpc) is 3.37. The van der Waals surface area contributed by atoms with Crippen molar-refractivity contribution in [3.8, 4) is 0 Å². The molecule has 0 aliphatic carbocycles. The molecule has 3 aromatic rings. The van der Waals surface area contributed by atoms with Gasteiger partial charge in [-0.2, -0.15) is 0 Å². The topological polar surface area (TPSA) is 114 Å². The van der Waals surface area contributed by atoms with Gasteiger partial charge in [-0.1, -0.05) is 5.16 Å². The van der Waals surface area contributed by atoms with E-state index in [9.17, 15) is 9.59 Å². The molecule has 0 bridgehead atoms. The lowest BCUT2D eigenvalue weighted by molar-refractivity contribution is -0.123. The van der Waals surface area contributed by atoms with Crippen LogP contribution >= 0.6 is 11.3 Å². The van der Waals surface area contributed by atoms with Crippen molar-refractivity contribution in [2.75, 3.05) is 6.54 Å². The van der Waals surface area contributed by atoms with Gasteiger partial charge in [0.2, 0.25) is 5.91 Å². The van der Waals surface area contributed by atoms with Crippen LogP contribution in [0.15, 0.2) is 22.3 Å². The van der Waals surface area contributed by atoms with Gasteiger partial charge in [-0.15, -0.1) is 11.3 Å². The lowest BCUT2D eigenvalue weighted by Crippen LogP contribution is -2.40. The number of fused-ring (bicyclic) bond motifs is 1. The van der Waals surface area contributed by atoms with Gasteiger partial charge in [0.1, 0.15) is 11.3 Å². The molecule has 142 valence electrons. The van der Waals surface area contributed by atoms with Gasteiger partial charge in [0.05, 0.1) is 24.0 Å². The average molecular weight is 388 g/mol. The van der Waals surface area contributed by atoms with Crippen LogP contribution in [0.25, 0.3) is 4.96 Å². The van der Waals surface area contributed by atoms with Gasteiger partial charge in [-0.25, -0.2) is 4.98 Å². The molecule has 1 saturated heterocycles. The smallest absolute Gasteiger partial charge is 0.257 e. The molecule has 10 heteroatoms. The fraction of sp³-hybridized carbons (Fsp3) is 0.412. The number of hydrogen-bond acceptors (Lipinski definition) is 7. The number of amides is 2. The van der Waals surface area contributed by atoms with Crippen LogP contribution in [0.5, 0.6) is 0 Å². The summed E-state index contributed by atoms with van der Waals surface area (Å²) in [5, 5.41) is 14.8. The summed E-state index contributed by atoms with van der Waals surface area (Å²) in [6, 6.07) is -0.469. The quantitative estimate of drug-likeness (QED) is 0.595. The molecule has 1 aliphatic heterocycles. The second-order valence-electron chi connectivity index (χ2n) is 6.61. The predicted octanol–water partition coefficient (Wildman–Crippen LogP) is 0.777. The summed E-state index contributed by atoms with van der Waals surface area (Å²) in [6.07, 6.45) is 4.36. The van der Waals surface area contributed by atoms with Crippen LogP contribution in [-0.4, -0.2) is 45.0 Å². The lowest BCUT2D eigenvalue weighted by atomic mass is 10.1. The summed E-state index contributed by atoms with van der Waals surface area (Å²) < 4.78 is 6.96. The number of nitrogens with one attached hydrogen (secondary N) is 3. The monoisotopic (exact) mass is 388 g/mol. The Bertz CT molecular complexity index is 942. The number of imidazole rings is 1. The maximum Gasteiger partial charge on any atom is 0.257 e. The minimum atomic E-state index is -0.344. The molecule has 0 spiro atoms. The number of hydrogen-bond donors (Lipinski definition) is 3. The second kappa shape index (κ2) is 7.12.